The van der Waals surface area contributed by atoms with E-state index < -0.39 is 5.60 Å². The van der Waals surface area contributed by atoms with Crippen LogP contribution in [-0.2, 0) is 11.3 Å². The number of hydrogen-bond donors (Lipinski definition) is 2. The number of nitrogens with one attached hydrogen (secondary N) is 1. The Morgan fingerprint density at radius 2 is 2.47 bits per heavy atom. The van der Waals surface area contributed by atoms with E-state index in [2.05, 4.69) is 17.2 Å². The third-order valence-corrected chi connectivity index (χ3v) is 3.84. The summed E-state index contributed by atoms with van der Waals surface area (Å²) in [7, 11) is 0. The number of amides is 1. The summed E-state index contributed by atoms with van der Waals surface area (Å²) < 4.78 is 1.87. The van der Waals surface area contributed by atoms with Gasteiger partial charge in [-0.05, 0) is 18.8 Å². The van der Waals surface area contributed by atoms with Crippen LogP contribution < -0.4 is 5.32 Å². The SMILES string of the molecule is CC1CCCC(O)(CNC(=O)CCn2ccnc2)C1. The Hall–Kier alpha value is -1.36. The fourth-order valence-corrected chi connectivity index (χ4v) is 2.79. The molecule has 1 heterocycles. The van der Waals surface area contributed by atoms with Crippen LogP contribution in [0, 0.1) is 5.92 Å². The number of carbonyl (C=O) groups is 1. The number of imidazole rings is 1. The average Bonchev–Trinajstić information content (AvgIpc) is 2.87. The Labute approximate surface area is 114 Å². The summed E-state index contributed by atoms with van der Waals surface area (Å²) in [5.41, 5.74) is -0.706. The lowest BCUT2D eigenvalue weighted by atomic mass is 9.79. The minimum Gasteiger partial charge on any atom is -0.388 e. The highest BCUT2D eigenvalue weighted by Gasteiger charge is 2.32. The van der Waals surface area contributed by atoms with Crippen molar-refractivity contribution in [1.82, 2.24) is 14.9 Å². The molecule has 106 valence electrons. The van der Waals surface area contributed by atoms with Crippen LogP contribution in [0.5, 0.6) is 0 Å². The van der Waals surface area contributed by atoms with Crippen molar-refractivity contribution in [2.24, 2.45) is 5.92 Å². The number of hydrogen-bond acceptors (Lipinski definition) is 3. The Bertz CT molecular complexity index is 405. The first-order valence-electron chi connectivity index (χ1n) is 7.02. The Morgan fingerprint density at radius 1 is 1.63 bits per heavy atom. The fourth-order valence-electron chi connectivity index (χ4n) is 2.79. The van der Waals surface area contributed by atoms with E-state index in [1.807, 2.05) is 10.8 Å². The lowest BCUT2D eigenvalue weighted by Gasteiger charge is -2.35. The predicted molar refractivity (Wildman–Crippen MR) is 72.4 cm³/mol. The minimum absolute atomic E-state index is 0.0136. The van der Waals surface area contributed by atoms with Crippen molar-refractivity contribution in [1.29, 1.82) is 0 Å². The van der Waals surface area contributed by atoms with Crippen LogP contribution >= 0.6 is 0 Å². The topological polar surface area (TPSA) is 67.2 Å². The van der Waals surface area contributed by atoms with Gasteiger partial charge in [0.1, 0.15) is 0 Å². The maximum Gasteiger partial charge on any atom is 0.221 e. The molecule has 2 rings (SSSR count). The molecule has 1 aromatic heterocycles. The van der Waals surface area contributed by atoms with Gasteiger partial charge in [0.05, 0.1) is 11.9 Å². The highest BCUT2D eigenvalue weighted by Crippen LogP contribution is 2.31. The van der Waals surface area contributed by atoms with Crippen LogP contribution in [0.25, 0.3) is 0 Å². The lowest BCUT2D eigenvalue weighted by Crippen LogP contribution is -2.45. The smallest absolute Gasteiger partial charge is 0.221 e. The van der Waals surface area contributed by atoms with E-state index in [-0.39, 0.29) is 5.91 Å². The fraction of sp³-hybridized carbons (Fsp3) is 0.714. The van der Waals surface area contributed by atoms with Crippen LogP contribution in [0.1, 0.15) is 39.0 Å². The van der Waals surface area contributed by atoms with Gasteiger partial charge in [-0.15, -0.1) is 0 Å². The quantitative estimate of drug-likeness (QED) is 0.844. The molecule has 0 radical (unpaired) electrons. The zero-order chi connectivity index (χ0) is 13.7. The first-order chi connectivity index (χ1) is 9.07. The van der Waals surface area contributed by atoms with Gasteiger partial charge < -0.3 is 15.0 Å². The van der Waals surface area contributed by atoms with Crippen LogP contribution in [0.15, 0.2) is 18.7 Å². The summed E-state index contributed by atoms with van der Waals surface area (Å²) in [6.07, 6.45) is 9.45. The molecule has 5 heteroatoms. The molecule has 1 saturated carbocycles. The summed E-state index contributed by atoms with van der Waals surface area (Å²) in [6, 6.07) is 0. The second-order valence-electron chi connectivity index (χ2n) is 5.75. The Balaban J connectivity index is 1.70. The van der Waals surface area contributed by atoms with E-state index in [1.54, 1.807) is 12.5 Å². The summed E-state index contributed by atoms with van der Waals surface area (Å²) in [5, 5.41) is 13.3. The van der Waals surface area contributed by atoms with Gasteiger partial charge in [-0.25, -0.2) is 4.98 Å². The molecular weight excluding hydrogens is 242 g/mol. The van der Waals surface area contributed by atoms with Crippen molar-refractivity contribution in [3.63, 3.8) is 0 Å². The van der Waals surface area contributed by atoms with Crippen LogP contribution in [0.4, 0.5) is 0 Å². The number of aliphatic hydroxyl groups is 1. The van der Waals surface area contributed by atoms with E-state index >= 15 is 0 Å². The molecule has 1 aliphatic carbocycles. The van der Waals surface area contributed by atoms with E-state index in [4.69, 9.17) is 0 Å². The molecule has 2 N–H and O–H groups in total. The van der Waals surface area contributed by atoms with Crippen molar-refractivity contribution in [3.8, 4) is 0 Å². The molecule has 19 heavy (non-hydrogen) atoms. The normalized spacial score (nSPS) is 27.2. The molecule has 1 aromatic rings. The van der Waals surface area contributed by atoms with E-state index in [0.29, 0.717) is 25.4 Å². The molecule has 1 fully saturated rings. The summed E-state index contributed by atoms with van der Waals surface area (Å²) >= 11 is 0. The van der Waals surface area contributed by atoms with Gasteiger partial charge in [-0.3, -0.25) is 4.79 Å². The third kappa shape index (κ3) is 4.35. The molecule has 5 nitrogen and oxygen atoms in total. The lowest BCUT2D eigenvalue weighted by molar-refractivity contribution is -0.123. The molecule has 2 atom stereocenters. The largest absolute Gasteiger partial charge is 0.388 e. The monoisotopic (exact) mass is 265 g/mol. The van der Waals surface area contributed by atoms with Gasteiger partial charge in [0.25, 0.3) is 0 Å². The molecule has 0 spiro atoms. The van der Waals surface area contributed by atoms with Crippen LogP contribution in [0.2, 0.25) is 0 Å². The van der Waals surface area contributed by atoms with E-state index in [9.17, 15) is 9.90 Å². The molecule has 2 unspecified atom stereocenters. The van der Waals surface area contributed by atoms with E-state index in [1.165, 1.54) is 6.42 Å². The third-order valence-electron chi connectivity index (χ3n) is 3.84. The number of aryl methyl sites for hydroxylation is 1. The maximum absolute atomic E-state index is 11.7. The molecule has 0 aromatic carbocycles. The van der Waals surface area contributed by atoms with Gasteiger partial charge in [0.2, 0.25) is 5.91 Å². The summed E-state index contributed by atoms with van der Waals surface area (Å²) in [6.45, 7) is 3.16. The Morgan fingerprint density at radius 3 is 3.16 bits per heavy atom. The Kier molecular flexibility index (Phi) is 4.58. The predicted octanol–water partition coefficient (Wildman–Crippen LogP) is 1.33. The number of nitrogens with zero attached hydrogens (tertiary/aromatic N) is 2. The molecule has 1 amide bonds. The second kappa shape index (κ2) is 6.19. The second-order valence-corrected chi connectivity index (χ2v) is 5.75. The van der Waals surface area contributed by atoms with Gasteiger partial charge >= 0.3 is 0 Å². The molecule has 0 bridgehead atoms. The van der Waals surface area contributed by atoms with Crippen LogP contribution in [-0.4, -0.2) is 32.7 Å². The number of carbonyl (C=O) groups excluding carboxylic acids is 1. The zero-order valence-electron chi connectivity index (χ0n) is 11.5. The van der Waals surface area contributed by atoms with Crippen LogP contribution in [0.3, 0.4) is 0 Å². The summed E-state index contributed by atoms with van der Waals surface area (Å²) in [4.78, 5) is 15.7. The molecular formula is C14H23N3O2. The van der Waals surface area contributed by atoms with Gasteiger partial charge in [-0.2, -0.15) is 0 Å². The van der Waals surface area contributed by atoms with Gasteiger partial charge in [0, 0.05) is 31.9 Å². The van der Waals surface area contributed by atoms with E-state index in [0.717, 1.165) is 19.3 Å². The maximum atomic E-state index is 11.7. The van der Waals surface area contributed by atoms with Gasteiger partial charge in [0.15, 0.2) is 0 Å². The first kappa shape index (κ1) is 14.1. The van der Waals surface area contributed by atoms with Gasteiger partial charge in [-0.1, -0.05) is 19.8 Å². The molecule has 0 saturated heterocycles. The first-order valence-corrected chi connectivity index (χ1v) is 7.02. The van der Waals surface area contributed by atoms with Crippen molar-refractivity contribution in [3.05, 3.63) is 18.7 Å². The van der Waals surface area contributed by atoms with Crippen molar-refractivity contribution >= 4 is 5.91 Å². The standard InChI is InChI=1S/C14H23N3O2/c1-12-3-2-5-14(19,9-12)10-16-13(18)4-7-17-8-6-15-11-17/h6,8,11-12,19H,2-5,7,9-10H2,1H3,(H,16,18). The highest BCUT2D eigenvalue weighted by molar-refractivity contribution is 5.75. The highest BCUT2D eigenvalue weighted by atomic mass is 16.3. The van der Waals surface area contributed by atoms with Crippen molar-refractivity contribution < 1.29 is 9.90 Å². The zero-order valence-corrected chi connectivity index (χ0v) is 11.5. The van der Waals surface area contributed by atoms with Crippen molar-refractivity contribution in [2.45, 2.75) is 51.2 Å². The average molecular weight is 265 g/mol. The number of rotatable bonds is 5. The molecule has 0 aliphatic heterocycles. The van der Waals surface area contributed by atoms with Crippen molar-refractivity contribution in [2.75, 3.05) is 6.54 Å². The number of aromatic nitrogens is 2. The summed E-state index contributed by atoms with van der Waals surface area (Å²) in [5.74, 6) is 0.530. The molecule has 1 aliphatic rings. The minimum atomic E-state index is -0.706.